The molecule has 226 valence electrons. The molecule has 1 aromatic carbocycles. The summed E-state index contributed by atoms with van der Waals surface area (Å²) in [5.74, 6) is -0.236. The number of rotatable bonds is 10. The lowest BCUT2D eigenvalue weighted by Crippen LogP contribution is -2.41. The minimum Gasteiger partial charge on any atom is -0.464 e. The second kappa shape index (κ2) is 11.5. The number of anilines is 1. The van der Waals surface area contributed by atoms with Crippen molar-refractivity contribution in [2.45, 2.75) is 71.3 Å². The van der Waals surface area contributed by atoms with Crippen LogP contribution in [-0.2, 0) is 32.8 Å². The van der Waals surface area contributed by atoms with E-state index in [0.29, 0.717) is 11.2 Å². The van der Waals surface area contributed by atoms with Gasteiger partial charge in [0.15, 0.2) is 29.9 Å². The minimum absolute atomic E-state index is 0.157. The number of nitrogens with two attached hydrogens (primary N) is 1. The van der Waals surface area contributed by atoms with Crippen LogP contribution in [0.25, 0.3) is 11.2 Å². The smallest absolute Gasteiger partial charge is 0.464 e. The third-order valence-electron chi connectivity index (χ3n) is 6.44. The second-order valence-corrected chi connectivity index (χ2v) is 12.9. The molecule has 2 aromatic heterocycles. The highest BCUT2D eigenvalue weighted by molar-refractivity contribution is 7.52. The van der Waals surface area contributed by atoms with Crippen LogP contribution in [0.15, 0.2) is 43.0 Å². The number of carbonyl (C=O) groups excluding carboxylic acids is 2. The van der Waals surface area contributed by atoms with Crippen LogP contribution in [-0.4, -0.2) is 68.7 Å². The van der Waals surface area contributed by atoms with Gasteiger partial charge in [0.25, 0.3) is 0 Å². The Morgan fingerprint density at radius 3 is 2.57 bits per heavy atom. The van der Waals surface area contributed by atoms with Gasteiger partial charge in [-0.15, -0.1) is 0 Å². The lowest BCUT2D eigenvalue weighted by Gasteiger charge is -2.29. The number of benzene rings is 1. The Morgan fingerprint density at radius 2 is 1.86 bits per heavy atom. The Hall–Kier alpha value is -3.78. The fourth-order valence-corrected chi connectivity index (χ4v) is 6.21. The summed E-state index contributed by atoms with van der Waals surface area (Å²) in [7, 11) is -4.27. The zero-order valence-corrected chi connectivity index (χ0v) is 24.6. The molecule has 0 saturated carbocycles. The molecule has 0 amide bonds. The van der Waals surface area contributed by atoms with Crippen molar-refractivity contribution in [3.8, 4) is 5.75 Å². The van der Waals surface area contributed by atoms with Gasteiger partial charge in [-0.1, -0.05) is 39.0 Å². The van der Waals surface area contributed by atoms with Gasteiger partial charge in [-0.2, -0.15) is 5.09 Å². The molecule has 5 rings (SSSR count). The maximum atomic E-state index is 14.1. The largest absolute Gasteiger partial charge is 0.509 e. The molecule has 16 heteroatoms. The first-order valence-electron chi connectivity index (χ1n) is 13.3. The number of para-hydroxylation sites is 1. The van der Waals surface area contributed by atoms with E-state index in [2.05, 4.69) is 20.0 Å². The number of nitrogen functional groups attached to an aromatic ring is 1. The fourth-order valence-electron chi connectivity index (χ4n) is 4.51. The molecule has 0 spiro atoms. The molecule has 4 heterocycles. The second-order valence-electron chi connectivity index (χ2n) is 11.2. The molecule has 7 atom stereocenters. The third-order valence-corrected chi connectivity index (χ3v) is 8.21. The van der Waals surface area contributed by atoms with Crippen LogP contribution >= 0.6 is 7.75 Å². The number of nitrogens with zero attached hydrogens (tertiary/aromatic N) is 4. The normalized spacial score (nSPS) is 24.7. The predicted octanol–water partition coefficient (Wildman–Crippen LogP) is 3.37. The molecular formula is C26H33N6O9P. The number of esters is 1. The van der Waals surface area contributed by atoms with Gasteiger partial charge in [0.05, 0.1) is 19.0 Å². The van der Waals surface area contributed by atoms with Crippen molar-refractivity contribution in [1.82, 2.24) is 24.6 Å². The van der Waals surface area contributed by atoms with Gasteiger partial charge in [0.2, 0.25) is 0 Å². The van der Waals surface area contributed by atoms with Crippen LogP contribution in [0.3, 0.4) is 0 Å². The van der Waals surface area contributed by atoms with Gasteiger partial charge in [-0.05, 0) is 31.4 Å². The first-order valence-corrected chi connectivity index (χ1v) is 14.8. The standard InChI is InChI=1S/C26H33N6O9P/c1-14(24(33)36-11-26(3,4)5)31-42(35,41-16-9-7-6-8-10-16)40-15(2)18-19-20(39-25(34)38-19)23(37-18)32-13-30-17-21(27)28-12-29-22(17)32/h6-10,12-15,18-20,23H,11H2,1-5H3,(H,31,35)(H2,27,28,29)/t14?,15?,18-,19?,20?,23?,42?/m1/s1. The summed E-state index contributed by atoms with van der Waals surface area (Å²) >= 11 is 0. The van der Waals surface area contributed by atoms with E-state index in [1.165, 1.54) is 19.6 Å². The van der Waals surface area contributed by atoms with E-state index in [1.54, 1.807) is 41.8 Å². The predicted molar refractivity (Wildman–Crippen MR) is 147 cm³/mol. The average Bonchev–Trinajstić information content (AvgIpc) is 3.60. The van der Waals surface area contributed by atoms with E-state index in [-0.39, 0.29) is 23.6 Å². The monoisotopic (exact) mass is 604 g/mol. The molecule has 2 saturated heterocycles. The third kappa shape index (κ3) is 6.33. The van der Waals surface area contributed by atoms with E-state index in [0.717, 1.165) is 0 Å². The van der Waals surface area contributed by atoms with Gasteiger partial charge in [-0.3, -0.25) is 13.9 Å². The van der Waals surface area contributed by atoms with Crippen LogP contribution < -0.4 is 15.3 Å². The molecule has 42 heavy (non-hydrogen) atoms. The number of ether oxygens (including phenoxy) is 4. The lowest BCUT2D eigenvalue weighted by atomic mass is 9.99. The van der Waals surface area contributed by atoms with Crippen molar-refractivity contribution in [2.24, 2.45) is 5.41 Å². The Morgan fingerprint density at radius 1 is 1.14 bits per heavy atom. The molecule has 6 unspecified atom stereocenters. The zero-order chi connectivity index (χ0) is 30.2. The topological polar surface area (TPSA) is 188 Å². The quantitative estimate of drug-likeness (QED) is 0.253. The first-order chi connectivity index (χ1) is 19.8. The van der Waals surface area contributed by atoms with E-state index in [9.17, 15) is 14.2 Å². The van der Waals surface area contributed by atoms with Crippen molar-refractivity contribution in [1.29, 1.82) is 0 Å². The molecule has 0 aliphatic carbocycles. The summed E-state index contributed by atoms with van der Waals surface area (Å²) < 4.78 is 49.9. The van der Waals surface area contributed by atoms with Crippen molar-refractivity contribution in [3.05, 3.63) is 43.0 Å². The molecular weight excluding hydrogens is 571 g/mol. The summed E-state index contributed by atoms with van der Waals surface area (Å²) in [6.45, 7) is 8.98. The summed E-state index contributed by atoms with van der Waals surface area (Å²) in [6.07, 6.45) is -2.93. The number of imidazole rings is 1. The van der Waals surface area contributed by atoms with E-state index in [1.807, 2.05) is 20.8 Å². The number of hydrogen-bond donors (Lipinski definition) is 2. The van der Waals surface area contributed by atoms with E-state index < -0.39 is 56.6 Å². The van der Waals surface area contributed by atoms with Crippen LogP contribution in [0.2, 0.25) is 0 Å². The number of fused-ring (bicyclic) bond motifs is 2. The van der Waals surface area contributed by atoms with Crippen molar-refractivity contribution in [2.75, 3.05) is 12.3 Å². The summed E-state index contributed by atoms with van der Waals surface area (Å²) in [5, 5.41) is 2.67. The highest BCUT2D eigenvalue weighted by atomic mass is 31.2. The van der Waals surface area contributed by atoms with E-state index in [4.69, 9.17) is 33.7 Å². The van der Waals surface area contributed by atoms with Crippen molar-refractivity contribution < 1.29 is 42.1 Å². The zero-order valence-electron chi connectivity index (χ0n) is 23.7. The lowest BCUT2D eigenvalue weighted by molar-refractivity contribution is -0.148. The SMILES string of the molecule is CC(NP(=O)(Oc1ccccc1)OC(C)[C@H]1OC(n2cnc3c(N)ncnc32)C2OC(=O)OC21)C(=O)OCC(C)(C)C. The molecule has 0 bridgehead atoms. The Bertz CT molecular complexity index is 1500. The highest BCUT2D eigenvalue weighted by Crippen LogP contribution is 2.49. The molecule has 2 fully saturated rings. The maximum Gasteiger partial charge on any atom is 0.509 e. The number of nitrogens with one attached hydrogen (secondary N) is 1. The average molecular weight is 605 g/mol. The van der Waals surface area contributed by atoms with Crippen LogP contribution in [0.5, 0.6) is 5.75 Å². The molecule has 2 aliphatic heterocycles. The highest BCUT2D eigenvalue weighted by Gasteiger charge is 2.58. The minimum atomic E-state index is -4.27. The first kappa shape index (κ1) is 29.7. The van der Waals surface area contributed by atoms with Crippen LogP contribution in [0, 0.1) is 5.41 Å². The number of aromatic nitrogens is 4. The molecule has 3 aromatic rings. The van der Waals surface area contributed by atoms with Gasteiger partial charge in [0.1, 0.15) is 29.7 Å². The Kier molecular flexibility index (Phi) is 8.12. The molecule has 15 nitrogen and oxygen atoms in total. The van der Waals surface area contributed by atoms with E-state index >= 15 is 0 Å². The van der Waals surface area contributed by atoms with Gasteiger partial charge < -0.3 is 29.2 Å². The van der Waals surface area contributed by atoms with Gasteiger partial charge in [0, 0.05) is 0 Å². The Balaban J connectivity index is 1.38. The van der Waals surface area contributed by atoms with Crippen LogP contribution in [0.1, 0.15) is 40.8 Å². The van der Waals surface area contributed by atoms with Gasteiger partial charge in [-0.25, -0.2) is 24.3 Å². The van der Waals surface area contributed by atoms with Crippen LogP contribution in [0.4, 0.5) is 10.6 Å². The van der Waals surface area contributed by atoms with Gasteiger partial charge >= 0.3 is 19.9 Å². The number of carbonyl (C=O) groups is 2. The summed E-state index contributed by atoms with van der Waals surface area (Å²) in [6, 6.07) is 7.27. The fraction of sp³-hybridized carbons (Fsp3) is 0.500. The Labute approximate surface area is 241 Å². The maximum absolute atomic E-state index is 14.1. The molecule has 3 N–H and O–H groups in total. The molecule has 0 radical (unpaired) electrons. The summed E-state index contributed by atoms with van der Waals surface area (Å²) in [5.41, 5.74) is 6.35. The molecule has 2 aliphatic rings. The van der Waals surface area contributed by atoms with Crippen molar-refractivity contribution >= 4 is 36.9 Å². The summed E-state index contributed by atoms with van der Waals surface area (Å²) in [4.78, 5) is 37.3. The number of hydrogen-bond acceptors (Lipinski definition) is 13. The van der Waals surface area contributed by atoms with Crippen molar-refractivity contribution in [3.63, 3.8) is 0 Å².